The van der Waals surface area contributed by atoms with E-state index in [2.05, 4.69) is 0 Å². The maximum absolute atomic E-state index is 12.7. The van der Waals surface area contributed by atoms with Crippen LogP contribution in [0.5, 0.6) is 5.75 Å². The van der Waals surface area contributed by atoms with Crippen molar-refractivity contribution in [2.45, 2.75) is 13.3 Å². The molecule has 0 atom stereocenters. The highest BCUT2D eigenvalue weighted by Gasteiger charge is 2.10. The van der Waals surface area contributed by atoms with Gasteiger partial charge in [0.25, 0.3) is 0 Å². The number of rotatable bonds is 5. The van der Waals surface area contributed by atoms with Gasteiger partial charge in [-0.05, 0) is 43.3 Å². The molecule has 0 fully saturated rings. The summed E-state index contributed by atoms with van der Waals surface area (Å²) in [6, 6.07) is 13.5. The smallest absolute Gasteiger partial charge is 0.230 e. The molecule has 0 spiro atoms. The molecule has 2 aromatic carbocycles. The molecule has 0 unspecified atom stereocenters. The number of hydrogen-bond donors (Lipinski definition) is 0. The summed E-state index contributed by atoms with van der Waals surface area (Å²) in [6.45, 7) is 2.27. The normalized spacial score (nSPS) is 10.2. The van der Waals surface area contributed by atoms with Crippen LogP contribution in [0.3, 0.4) is 0 Å². The summed E-state index contributed by atoms with van der Waals surface area (Å²) in [7, 11) is 1.74. The average molecular weight is 287 g/mol. The highest BCUT2D eigenvalue weighted by molar-refractivity contribution is 5.92. The standard InChI is InChI=1S/C17H18FNO2/c1-13-3-7-15(8-4-13)19(2)17(20)11-12-21-16-9-5-14(18)6-10-16/h3-10H,11-12H2,1-2H3. The van der Waals surface area contributed by atoms with Crippen LogP contribution in [0, 0.1) is 12.7 Å². The maximum atomic E-state index is 12.7. The molecule has 21 heavy (non-hydrogen) atoms. The van der Waals surface area contributed by atoms with Gasteiger partial charge in [-0.25, -0.2) is 4.39 Å². The van der Waals surface area contributed by atoms with E-state index in [1.165, 1.54) is 12.1 Å². The first-order chi connectivity index (χ1) is 10.1. The molecule has 3 nitrogen and oxygen atoms in total. The second kappa shape index (κ2) is 6.88. The lowest BCUT2D eigenvalue weighted by molar-refractivity contribution is -0.118. The first kappa shape index (κ1) is 15.0. The molecule has 0 aliphatic rings. The molecule has 4 heteroatoms. The van der Waals surface area contributed by atoms with Crippen LogP contribution in [-0.4, -0.2) is 19.6 Å². The number of nitrogens with zero attached hydrogens (tertiary/aromatic N) is 1. The van der Waals surface area contributed by atoms with Crippen molar-refractivity contribution in [2.24, 2.45) is 0 Å². The molecular weight excluding hydrogens is 269 g/mol. The van der Waals surface area contributed by atoms with Gasteiger partial charge in [-0.2, -0.15) is 0 Å². The molecule has 2 aromatic rings. The molecule has 0 saturated carbocycles. The molecule has 0 aliphatic heterocycles. The van der Waals surface area contributed by atoms with Gasteiger partial charge in [0, 0.05) is 12.7 Å². The Kier molecular flexibility index (Phi) is 4.93. The summed E-state index contributed by atoms with van der Waals surface area (Å²) >= 11 is 0. The van der Waals surface area contributed by atoms with E-state index in [9.17, 15) is 9.18 Å². The Balaban J connectivity index is 1.83. The predicted octanol–water partition coefficient (Wildman–Crippen LogP) is 3.57. The minimum Gasteiger partial charge on any atom is -0.493 e. The fraction of sp³-hybridized carbons (Fsp3) is 0.235. The van der Waals surface area contributed by atoms with Gasteiger partial charge in [0.1, 0.15) is 11.6 Å². The van der Waals surface area contributed by atoms with E-state index in [0.29, 0.717) is 5.75 Å². The average Bonchev–Trinajstić information content (AvgIpc) is 2.49. The van der Waals surface area contributed by atoms with Crippen LogP contribution in [0.2, 0.25) is 0 Å². The van der Waals surface area contributed by atoms with Crippen LogP contribution in [0.25, 0.3) is 0 Å². The lowest BCUT2D eigenvalue weighted by Crippen LogP contribution is -2.27. The molecule has 0 N–H and O–H groups in total. The van der Waals surface area contributed by atoms with Crippen LogP contribution in [0.1, 0.15) is 12.0 Å². The van der Waals surface area contributed by atoms with Crippen molar-refractivity contribution in [1.82, 2.24) is 0 Å². The Morgan fingerprint density at radius 3 is 2.33 bits per heavy atom. The van der Waals surface area contributed by atoms with Crippen LogP contribution < -0.4 is 9.64 Å². The van der Waals surface area contributed by atoms with Crippen molar-refractivity contribution in [2.75, 3.05) is 18.6 Å². The Morgan fingerprint density at radius 1 is 1.10 bits per heavy atom. The van der Waals surface area contributed by atoms with Crippen molar-refractivity contribution in [3.63, 3.8) is 0 Å². The van der Waals surface area contributed by atoms with Crippen molar-refractivity contribution in [3.8, 4) is 5.75 Å². The van der Waals surface area contributed by atoms with E-state index in [0.717, 1.165) is 11.3 Å². The van der Waals surface area contributed by atoms with E-state index in [1.54, 1.807) is 24.1 Å². The minimum absolute atomic E-state index is 0.0269. The van der Waals surface area contributed by atoms with Crippen LogP contribution >= 0.6 is 0 Å². The number of aryl methyl sites for hydroxylation is 1. The quantitative estimate of drug-likeness (QED) is 0.841. The largest absolute Gasteiger partial charge is 0.493 e. The molecule has 0 radical (unpaired) electrons. The number of ether oxygens (including phenoxy) is 1. The van der Waals surface area contributed by atoms with Gasteiger partial charge in [0.15, 0.2) is 0 Å². The summed E-state index contributed by atoms with van der Waals surface area (Å²) in [5, 5.41) is 0. The lowest BCUT2D eigenvalue weighted by atomic mass is 10.2. The third-order valence-electron chi connectivity index (χ3n) is 3.19. The van der Waals surface area contributed by atoms with Crippen LogP contribution in [-0.2, 0) is 4.79 Å². The molecule has 1 amide bonds. The van der Waals surface area contributed by atoms with E-state index >= 15 is 0 Å². The number of benzene rings is 2. The summed E-state index contributed by atoms with van der Waals surface area (Å²) in [5.41, 5.74) is 2.01. The zero-order valence-electron chi connectivity index (χ0n) is 12.2. The second-order valence-electron chi connectivity index (χ2n) is 4.84. The first-order valence-electron chi connectivity index (χ1n) is 6.78. The van der Waals surface area contributed by atoms with E-state index in [-0.39, 0.29) is 24.8 Å². The van der Waals surface area contributed by atoms with Crippen molar-refractivity contribution < 1.29 is 13.9 Å². The molecule has 2 rings (SSSR count). The monoisotopic (exact) mass is 287 g/mol. The first-order valence-corrected chi connectivity index (χ1v) is 6.78. The Hall–Kier alpha value is -2.36. The number of hydrogen-bond acceptors (Lipinski definition) is 2. The summed E-state index contributed by atoms with van der Waals surface area (Å²) in [4.78, 5) is 13.7. The van der Waals surface area contributed by atoms with Crippen molar-refractivity contribution in [3.05, 3.63) is 59.9 Å². The summed E-state index contributed by atoms with van der Waals surface area (Å²) in [5.74, 6) is 0.223. The fourth-order valence-corrected chi connectivity index (χ4v) is 1.87. The molecule has 0 aromatic heterocycles. The van der Waals surface area contributed by atoms with Crippen LogP contribution in [0.15, 0.2) is 48.5 Å². The topological polar surface area (TPSA) is 29.5 Å². The Morgan fingerprint density at radius 2 is 1.71 bits per heavy atom. The third kappa shape index (κ3) is 4.31. The van der Waals surface area contributed by atoms with Crippen molar-refractivity contribution >= 4 is 11.6 Å². The van der Waals surface area contributed by atoms with Crippen LogP contribution in [0.4, 0.5) is 10.1 Å². The highest BCUT2D eigenvalue weighted by atomic mass is 19.1. The van der Waals surface area contributed by atoms with Gasteiger partial charge in [-0.3, -0.25) is 4.79 Å². The van der Waals surface area contributed by atoms with Gasteiger partial charge < -0.3 is 9.64 Å². The van der Waals surface area contributed by atoms with Gasteiger partial charge >= 0.3 is 0 Å². The summed E-state index contributed by atoms with van der Waals surface area (Å²) < 4.78 is 18.2. The predicted molar refractivity (Wildman–Crippen MR) is 81.1 cm³/mol. The number of anilines is 1. The Labute approximate surface area is 124 Å². The SMILES string of the molecule is Cc1ccc(N(C)C(=O)CCOc2ccc(F)cc2)cc1. The van der Waals surface area contributed by atoms with E-state index < -0.39 is 0 Å². The van der Waals surface area contributed by atoms with Gasteiger partial charge in [-0.1, -0.05) is 17.7 Å². The number of carbonyl (C=O) groups is 1. The Bertz CT molecular complexity index is 593. The minimum atomic E-state index is -0.308. The molecule has 0 aliphatic carbocycles. The number of carbonyl (C=O) groups excluding carboxylic acids is 1. The van der Waals surface area contributed by atoms with Gasteiger partial charge in [0.05, 0.1) is 13.0 Å². The third-order valence-corrected chi connectivity index (χ3v) is 3.19. The summed E-state index contributed by atoms with van der Waals surface area (Å²) in [6.07, 6.45) is 0.266. The zero-order chi connectivity index (χ0) is 15.2. The fourth-order valence-electron chi connectivity index (χ4n) is 1.87. The lowest BCUT2D eigenvalue weighted by Gasteiger charge is -2.17. The molecule has 110 valence electrons. The number of halogens is 1. The van der Waals surface area contributed by atoms with Crippen molar-refractivity contribution in [1.29, 1.82) is 0 Å². The molecular formula is C17H18FNO2. The van der Waals surface area contributed by atoms with Gasteiger partial charge in [0.2, 0.25) is 5.91 Å². The molecule has 0 heterocycles. The molecule has 0 saturated heterocycles. The highest BCUT2D eigenvalue weighted by Crippen LogP contribution is 2.15. The number of amides is 1. The zero-order valence-corrected chi connectivity index (χ0v) is 12.2. The second-order valence-corrected chi connectivity index (χ2v) is 4.84. The van der Waals surface area contributed by atoms with E-state index in [1.807, 2.05) is 31.2 Å². The van der Waals surface area contributed by atoms with Gasteiger partial charge in [-0.15, -0.1) is 0 Å². The van der Waals surface area contributed by atoms with E-state index in [4.69, 9.17) is 4.74 Å². The molecule has 0 bridgehead atoms. The maximum Gasteiger partial charge on any atom is 0.230 e.